The van der Waals surface area contributed by atoms with E-state index in [0.29, 0.717) is 0 Å². The molecular weight excluding hydrogens is 374 g/mol. The summed E-state index contributed by atoms with van der Waals surface area (Å²) >= 11 is 0. The number of amides is 2. The molecule has 2 aromatic carbocycles. The largest absolute Gasteiger partial charge is 0.342 e. The van der Waals surface area contributed by atoms with Crippen LogP contribution in [0.15, 0.2) is 78.0 Å². The Kier molecular flexibility index (Phi) is 3.78. The lowest BCUT2D eigenvalue weighted by Crippen LogP contribution is -2.28. The van der Waals surface area contributed by atoms with Crippen molar-refractivity contribution >= 4 is 28.9 Å². The number of benzene rings is 2. The summed E-state index contributed by atoms with van der Waals surface area (Å²) in [6.45, 7) is 0.746. The number of hydrogen-bond donors (Lipinski definition) is 0. The zero-order chi connectivity index (χ0) is 20.2. The van der Waals surface area contributed by atoms with Gasteiger partial charge in [-0.15, -0.1) is 0 Å². The van der Waals surface area contributed by atoms with E-state index in [2.05, 4.69) is 40.0 Å². The third-order valence-corrected chi connectivity index (χ3v) is 6.77. The van der Waals surface area contributed by atoms with Gasteiger partial charge >= 0.3 is 0 Å². The molecule has 0 radical (unpaired) electrons. The van der Waals surface area contributed by atoms with Crippen molar-refractivity contribution in [2.45, 2.75) is 13.0 Å². The van der Waals surface area contributed by atoms with Gasteiger partial charge in [-0.05, 0) is 29.9 Å². The fourth-order valence-electron chi connectivity index (χ4n) is 5.41. The van der Waals surface area contributed by atoms with Crippen molar-refractivity contribution in [3.63, 3.8) is 0 Å². The quantitative estimate of drug-likeness (QED) is 0.383. The smallest absolute Gasteiger partial charge is 0.254 e. The number of hydrogen-bond acceptors (Lipinski definition) is 3. The van der Waals surface area contributed by atoms with Gasteiger partial charge in [-0.2, -0.15) is 10.1 Å². The molecule has 2 fully saturated rings. The second-order valence-electron chi connectivity index (χ2n) is 8.45. The van der Waals surface area contributed by atoms with Crippen molar-refractivity contribution in [3.05, 3.63) is 84.1 Å². The SMILES string of the molecule is O=C1[C@@H]2[C@H](C(=O)N1N=Cc1cn(Cc3ccccc3)c3ccccc13)[C@H]1C=C[C@H]2C1. The van der Waals surface area contributed by atoms with Gasteiger partial charge in [0.15, 0.2) is 0 Å². The van der Waals surface area contributed by atoms with Gasteiger partial charge < -0.3 is 4.57 Å². The fraction of sp³-hybridized carbons (Fsp3) is 0.240. The van der Waals surface area contributed by atoms with Crippen molar-refractivity contribution < 1.29 is 9.59 Å². The summed E-state index contributed by atoms with van der Waals surface area (Å²) in [7, 11) is 0. The minimum absolute atomic E-state index is 0.147. The van der Waals surface area contributed by atoms with E-state index >= 15 is 0 Å². The minimum Gasteiger partial charge on any atom is -0.342 e. The maximum atomic E-state index is 12.9. The third-order valence-electron chi connectivity index (χ3n) is 6.77. The lowest BCUT2D eigenvalue weighted by molar-refractivity contribution is -0.140. The molecule has 6 rings (SSSR count). The van der Waals surface area contributed by atoms with E-state index < -0.39 is 0 Å². The molecule has 2 heterocycles. The standard InChI is InChI=1S/C25H21N3O2/c29-24-22-17-10-11-18(12-17)23(22)25(30)28(24)26-13-19-15-27(14-16-6-2-1-3-7-16)21-9-5-4-8-20(19)21/h1-11,13,15,17-18,22-23H,12,14H2/t17-,18-,22-,23+/m0/s1. The van der Waals surface area contributed by atoms with Gasteiger partial charge in [0.05, 0.1) is 18.1 Å². The number of allylic oxidation sites excluding steroid dienone is 2. The number of carbonyl (C=O) groups is 2. The van der Waals surface area contributed by atoms with Crippen molar-refractivity contribution in [1.82, 2.24) is 9.58 Å². The molecule has 5 heteroatoms. The number of carbonyl (C=O) groups excluding carboxylic acids is 2. The van der Waals surface area contributed by atoms with Gasteiger partial charge in [-0.3, -0.25) is 9.59 Å². The summed E-state index contributed by atoms with van der Waals surface area (Å²) < 4.78 is 2.18. The number of rotatable bonds is 4. The van der Waals surface area contributed by atoms with E-state index in [-0.39, 0.29) is 35.5 Å². The summed E-state index contributed by atoms with van der Waals surface area (Å²) in [6, 6.07) is 18.4. The van der Waals surface area contributed by atoms with Gasteiger partial charge in [-0.1, -0.05) is 60.7 Å². The van der Waals surface area contributed by atoms with Crippen LogP contribution >= 0.6 is 0 Å². The minimum atomic E-state index is -0.218. The summed E-state index contributed by atoms with van der Waals surface area (Å²) in [5.74, 6) is -0.334. The Bertz CT molecular complexity index is 1190. The van der Waals surface area contributed by atoms with Crippen LogP contribution in [0, 0.1) is 23.7 Å². The van der Waals surface area contributed by atoms with Gasteiger partial charge in [0, 0.05) is 29.2 Å². The van der Waals surface area contributed by atoms with Crippen LogP contribution in [-0.2, 0) is 16.1 Å². The highest BCUT2D eigenvalue weighted by Crippen LogP contribution is 2.52. The first kappa shape index (κ1) is 17.4. The summed E-state index contributed by atoms with van der Waals surface area (Å²) in [5, 5.41) is 6.54. The Labute approximate surface area is 174 Å². The lowest BCUT2D eigenvalue weighted by Gasteiger charge is -2.13. The fourth-order valence-corrected chi connectivity index (χ4v) is 5.41. The van der Waals surface area contributed by atoms with Crippen molar-refractivity contribution in [3.8, 4) is 0 Å². The van der Waals surface area contributed by atoms with Gasteiger partial charge in [-0.25, -0.2) is 0 Å². The monoisotopic (exact) mass is 395 g/mol. The van der Waals surface area contributed by atoms with E-state index in [4.69, 9.17) is 0 Å². The molecule has 4 atom stereocenters. The molecule has 0 spiro atoms. The molecule has 2 aliphatic carbocycles. The maximum absolute atomic E-state index is 12.9. The van der Waals surface area contributed by atoms with Crippen molar-refractivity contribution in [2.24, 2.45) is 28.8 Å². The first-order chi connectivity index (χ1) is 14.7. The molecule has 2 bridgehead atoms. The highest BCUT2D eigenvalue weighted by atomic mass is 16.2. The maximum Gasteiger partial charge on any atom is 0.254 e. The Morgan fingerprint density at radius 2 is 1.57 bits per heavy atom. The molecule has 3 aromatic rings. The third kappa shape index (κ3) is 2.51. The van der Waals surface area contributed by atoms with Crippen molar-refractivity contribution in [1.29, 1.82) is 0 Å². The molecule has 2 amide bonds. The second-order valence-corrected chi connectivity index (χ2v) is 8.45. The number of aromatic nitrogens is 1. The number of imide groups is 1. The zero-order valence-electron chi connectivity index (χ0n) is 16.4. The first-order valence-corrected chi connectivity index (χ1v) is 10.4. The predicted molar refractivity (Wildman–Crippen MR) is 115 cm³/mol. The molecule has 148 valence electrons. The summed E-state index contributed by atoms with van der Waals surface area (Å²) in [6.07, 6.45) is 8.83. The topological polar surface area (TPSA) is 54.7 Å². The molecule has 1 saturated heterocycles. The Hall–Kier alpha value is -3.47. The van der Waals surface area contributed by atoms with E-state index in [1.807, 2.05) is 42.6 Å². The first-order valence-electron chi connectivity index (χ1n) is 10.4. The van der Waals surface area contributed by atoms with E-state index in [9.17, 15) is 9.59 Å². The molecule has 5 nitrogen and oxygen atoms in total. The zero-order valence-corrected chi connectivity index (χ0v) is 16.4. The van der Waals surface area contributed by atoms with Crippen LogP contribution in [0.5, 0.6) is 0 Å². The molecular formula is C25H21N3O2. The molecule has 0 N–H and O–H groups in total. The molecule has 1 aliphatic heterocycles. The molecule has 1 saturated carbocycles. The average Bonchev–Trinajstić information content (AvgIpc) is 3.52. The van der Waals surface area contributed by atoms with E-state index in [1.165, 1.54) is 5.56 Å². The number of hydrazone groups is 1. The molecule has 30 heavy (non-hydrogen) atoms. The van der Waals surface area contributed by atoms with E-state index in [0.717, 1.165) is 34.4 Å². The normalized spacial score (nSPS) is 27.1. The lowest BCUT2D eigenvalue weighted by atomic mass is 9.85. The average molecular weight is 395 g/mol. The second kappa shape index (κ2) is 6.52. The van der Waals surface area contributed by atoms with Crippen LogP contribution in [0.3, 0.4) is 0 Å². The molecule has 1 aromatic heterocycles. The van der Waals surface area contributed by atoms with Crippen LogP contribution in [0.2, 0.25) is 0 Å². The van der Waals surface area contributed by atoms with E-state index in [1.54, 1.807) is 6.21 Å². The van der Waals surface area contributed by atoms with Gasteiger partial charge in [0.1, 0.15) is 0 Å². The van der Waals surface area contributed by atoms with Crippen LogP contribution in [0.1, 0.15) is 17.5 Å². The Morgan fingerprint density at radius 1 is 0.900 bits per heavy atom. The summed E-state index contributed by atoms with van der Waals surface area (Å²) in [5.41, 5.74) is 3.21. The van der Waals surface area contributed by atoms with Crippen LogP contribution in [0.25, 0.3) is 10.9 Å². The highest BCUT2D eigenvalue weighted by Gasteiger charge is 2.59. The molecule has 3 aliphatic rings. The van der Waals surface area contributed by atoms with Crippen LogP contribution in [-0.4, -0.2) is 27.6 Å². The number of nitrogens with zero attached hydrogens (tertiary/aromatic N) is 3. The van der Waals surface area contributed by atoms with Crippen LogP contribution in [0.4, 0.5) is 0 Å². The van der Waals surface area contributed by atoms with Gasteiger partial charge in [0.2, 0.25) is 0 Å². The highest BCUT2D eigenvalue weighted by molar-refractivity contribution is 6.07. The number of fused-ring (bicyclic) bond motifs is 6. The van der Waals surface area contributed by atoms with Crippen molar-refractivity contribution in [2.75, 3.05) is 0 Å². The van der Waals surface area contributed by atoms with Crippen LogP contribution < -0.4 is 0 Å². The Morgan fingerprint density at radius 3 is 2.30 bits per heavy atom. The Balaban J connectivity index is 1.32. The number of para-hydroxylation sites is 1. The summed E-state index contributed by atoms with van der Waals surface area (Å²) in [4.78, 5) is 25.7. The molecule has 0 unspecified atom stereocenters. The predicted octanol–water partition coefficient (Wildman–Crippen LogP) is 3.83. The van der Waals surface area contributed by atoms with Gasteiger partial charge in [0.25, 0.3) is 11.8 Å².